The van der Waals surface area contributed by atoms with E-state index >= 15 is 0 Å². The van der Waals surface area contributed by atoms with Gasteiger partial charge in [0, 0.05) is 24.0 Å². The smallest absolute Gasteiger partial charge is 0.360 e. The minimum Gasteiger partial charge on any atom is -0.464 e. The summed E-state index contributed by atoms with van der Waals surface area (Å²) in [6, 6.07) is 3.34. The van der Waals surface area contributed by atoms with E-state index in [1.54, 1.807) is 6.20 Å². The van der Waals surface area contributed by atoms with Crippen LogP contribution in [0.1, 0.15) is 21.9 Å². The fourth-order valence-electron chi connectivity index (χ4n) is 1.91. The van der Waals surface area contributed by atoms with E-state index in [1.807, 2.05) is 13.0 Å². The molecule has 130 valence electrons. The van der Waals surface area contributed by atoms with Crippen molar-refractivity contribution in [2.45, 2.75) is 13.5 Å². The van der Waals surface area contributed by atoms with Crippen LogP contribution in [-0.2, 0) is 11.3 Å². The highest BCUT2D eigenvalue weighted by atomic mass is 79.9. The van der Waals surface area contributed by atoms with E-state index in [0.717, 1.165) is 5.69 Å². The maximum absolute atomic E-state index is 11.3. The van der Waals surface area contributed by atoms with E-state index in [9.17, 15) is 4.79 Å². The van der Waals surface area contributed by atoms with Crippen LogP contribution in [0.4, 0.5) is 17.6 Å². The number of H-pyrrole nitrogens is 1. The van der Waals surface area contributed by atoms with Crippen molar-refractivity contribution in [3.05, 3.63) is 40.0 Å². The van der Waals surface area contributed by atoms with Crippen LogP contribution in [0.25, 0.3) is 0 Å². The second kappa shape index (κ2) is 7.30. The predicted molar refractivity (Wildman–Crippen MR) is 91.5 cm³/mol. The Morgan fingerprint density at radius 2 is 2.28 bits per heavy atom. The summed E-state index contributed by atoms with van der Waals surface area (Å²) in [5.41, 5.74) is 1.03. The quantitative estimate of drug-likeness (QED) is 0.526. The molecule has 11 heteroatoms. The first-order valence-electron chi connectivity index (χ1n) is 7.14. The third kappa shape index (κ3) is 4.12. The van der Waals surface area contributed by atoms with Crippen molar-refractivity contribution in [1.29, 1.82) is 0 Å². The highest BCUT2D eigenvalue weighted by molar-refractivity contribution is 9.10. The van der Waals surface area contributed by atoms with Crippen LogP contribution >= 0.6 is 15.9 Å². The molecule has 0 bridgehead atoms. The SMILES string of the molecule is COC(=O)c1cc(CNc2ncc(Br)c(Nc3cc(C)[nH]n3)n2)on1. The molecule has 0 aliphatic rings. The van der Waals surface area contributed by atoms with Crippen LogP contribution in [0.15, 0.2) is 27.3 Å². The highest BCUT2D eigenvalue weighted by Crippen LogP contribution is 2.23. The molecule has 3 heterocycles. The molecule has 0 fully saturated rings. The zero-order valence-corrected chi connectivity index (χ0v) is 14.9. The average molecular weight is 408 g/mol. The van der Waals surface area contributed by atoms with Gasteiger partial charge in [-0.15, -0.1) is 0 Å². The summed E-state index contributed by atoms with van der Waals surface area (Å²) in [6.45, 7) is 2.16. The van der Waals surface area contributed by atoms with Crippen molar-refractivity contribution in [2.75, 3.05) is 17.7 Å². The van der Waals surface area contributed by atoms with Gasteiger partial charge in [-0.25, -0.2) is 9.78 Å². The number of aromatic amines is 1. The summed E-state index contributed by atoms with van der Waals surface area (Å²) in [4.78, 5) is 19.9. The zero-order chi connectivity index (χ0) is 17.8. The molecule has 0 radical (unpaired) electrons. The number of ether oxygens (including phenoxy) is 1. The number of nitrogens with zero attached hydrogens (tertiary/aromatic N) is 4. The molecule has 0 saturated carbocycles. The van der Waals surface area contributed by atoms with E-state index in [-0.39, 0.29) is 12.2 Å². The van der Waals surface area contributed by atoms with Crippen molar-refractivity contribution in [3.63, 3.8) is 0 Å². The van der Waals surface area contributed by atoms with Gasteiger partial charge >= 0.3 is 5.97 Å². The standard InChI is InChI=1S/C14H14BrN7O3/c1-7-3-11(21-20-7)18-12-9(15)6-17-14(19-12)16-5-8-4-10(22-25-8)13(23)24-2/h3-4,6H,5H2,1-2H3,(H3,16,17,18,19,20,21). The molecule has 25 heavy (non-hydrogen) atoms. The Hall–Kier alpha value is -2.95. The van der Waals surface area contributed by atoms with Gasteiger partial charge in [-0.2, -0.15) is 10.1 Å². The van der Waals surface area contributed by atoms with E-state index in [0.29, 0.717) is 27.8 Å². The van der Waals surface area contributed by atoms with E-state index in [2.05, 4.69) is 56.6 Å². The lowest BCUT2D eigenvalue weighted by Gasteiger charge is -2.07. The largest absolute Gasteiger partial charge is 0.464 e. The summed E-state index contributed by atoms with van der Waals surface area (Å²) in [7, 11) is 1.28. The molecule has 3 aromatic heterocycles. The summed E-state index contributed by atoms with van der Waals surface area (Å²) in [6.07, 6.45) is 1.61. The van der Waals surface area contributed by atoms with Crippen LogP contribution in [0.2, 0.25) is 0 Å². The van der Waals surface area contributed by atoms with Crippen molar-refractivity contribution in [2.24, 2.45) is 0 Å². The number of hydrogen-bond acceptors (Lipinski definition) is 9. The number of anilines is 3. The van der Waals surface area contributed by atoms with E-state index in [1.165, 1.54) is 13.2 Å². The topological polar surface area (TPSA) is 131 Å². The Morgan fingerprint density at radius 1 is 1.44 bits per heavy atom. The number of carbonyl (C=O) groups is 1. The second-order valence-electron chi connectivity index (χ2n) is 4.97. The molecule has 0 aliphatic heterocycles. The average Bonchev–Trinajstić information content (AvgIpc) is 3.24. The van der Waals surface area contributed by atoms with E-state index in [4.69, 9.17) is 4.52 Å². The molecule has 0 aliphatic carbocycles. The normalized spacial score (nSPS) is 10.5. The monoisotopic (exact) mass is 407 g/mol. The fraction of sp³-hybridized carbons (Fsp3) is 0.214. The molecule has 0 unspecified atom stereocenters. The van der Waals surface area contributed by atoms with Gasteiger partial charge in [0.1, 0.15) is 0 Å². The van der Waals surface area contributed by atoms with Gasteiger partial charge in [0.15, 0.2) is 23.1 Å². The van der Waals surface area contributed by atoms with Gasteiger partial charge in [-0.05, 0) is 22.9 Å². The summed E-state index contributed by atoms with van der Waals surface area (Å²) in [5.74, 6) is 1.45. The number of methoxy groups -OCH3 is 1. The second-order valence-corrected chi connectivity index (χ2v) is 5.83. The van der Waals surface area contributed by atoms with Crippen LogP contribution < -0.4 is 10.6 Å². The van der Waals surface area contributed by atoms with Crippen molar-refractivity contribution in [3.8, 4) is 0 Å². The number of aryl methyl sites for hydroxylation is 1. The number of aromatic nitrogens is 5. The van der Waals surface area contributed by atoms with Crippen molar-refractivity contribution >= 4 is 39.5 Å². The maximum Gasteiger partial charge on any atom is 0.360 e. The lowest BCUT2D eigenvalue weighted by atomic mass is 10.3. The fourth-order valence-corrected chi connectivity index (χ4v) is 2.20. The molecular formula is C14H14BrN7O3. The van der Waals surface area contributed by atoms with Crippen LogP contribution in [0.3, 0.4) is 0 Å². The van der Waals surface area contributed by atoms with Gasteiger partial charge in [-0.3, -0.25) is 5.10 Å². The third-order valence-electron chi connectivity index (χ3n) is 3.07. The first kappa shape index (κ1) is 16.9. The first-order chi connectivity index (χ1) is 12.0. The van der Waals surface area contributed by atoms with Crippen molar-refractivity contribution in [1.82, 2.24) is 25.3 Å². The number of hydrogen-bond donors (Lipinski definition) is 3. The Morgan fingerprint density at radius 3 is 3.00 bits per heavy atom. The third-order valence-corrected chi connectivity index (χ3v) is 3.65. The number of rotatable bonds is 6. The summed E-state index contributed by atoms with van der Waals surface area (Å²) < 4.78 is 10.3. The molecule has 0 saturated heterocycles. The van der Waals surface area contributed by atoms with Gasteiger partial charge in [0.05, 0.1) is 18.1 Å². The van der Waals surface area contributed by atoms with Crippen LogP contribution in [-0.4, -0.2) is 38.4 Å². The Bertz CT molecular complexity index is 892. The molecule has 0 spiro atoms. The van der Waals surface area contributed by atoms with E-state index < -0.39 is 5.97 Å². The zero-order valence-electron chi connectivity index (χ0n) is 13.3. The number of halogens is 1. The molecule has 10 nitrogen and oxygen atoms in total. The minimum atomic E-state index is -0.560. The number of carbonyl (C=O) groups excluding carboxylic acids is 1. The van der Waals surface area contributed by atoms with Crippen molar-refractivity contribution < 1.29 is 14.1 Å². The minimum absolute atomic E-state index is 0.104. The number of esters is 1. The molecule has 0 amide bonds. The van der Waals surface area contributed by atoms with Gasteiger partial charge in [0.25, 0.3) is 0 Å². The summed E-state index contributed by atoms with van der Waals surface area (Å²) in [5, 5.41) is 16.6. The van der Waals surface area contributed by atoms with Gasteiger partial charge in [0.2, 0.25) is 5.95 Å². The predicted octanol–water partition coefficient (Wildman–Crippen LogP) is 2.40. The Labute approximate surface area is 150 Å². The molecule has 3 N–H and O–H groups in total. The van der Waals surface area contributed by atoms with Gasteiger partial charge < -0.3 is 19.9 Å². The molecule has 0 aromatic carbocycles. The summed E-state index contributed by atoms with van der Waals surface area (Å²) >= 11 is 3.38. The van der Waals surface area contributed by atoms with Crippen LogP contribution in [0.5, 0.6) is 0 Å². The Kier molecular flexibility index (Phi) is 4.93. The number of nitrogens with one attached hydrogen (secondary N) is 3. The van der Waals surface area contributed by atoms with Gasteiger partial charge in [-0.1, -0.05) is 5.16 Å². The van der Waals surface area contributed by atoms with Crippen LogP contribution in [0, 0.1) is 6.92 Å². The molecular weight excluding hydrogens is 394 g/mol. The molecule has 3 rings (SSSR count). The lowest BCUT2D eigenvalue weighted by Crippen LogP contribution is -2.05. The molecule has 0 atom stereocenters. The lowest BCUT2D eigenvalue weighted by molar-refractivity contribution is 0.0589. The maximum atomic E-state index is 11.3. The first-order valence-corrected chi connectivity index (χ1v) is 7.94. The highest BCUT2D eigenvalue weighted by Gasteiger charge is 2.13. The molecule has 3 aromatic rings. The Balaban J connectivity index is 1.67.